The summed E-state index contributed by atoms with van der Waals surface area (Å²) >= 11 is 0. The van der Waals surface area contributed by atoms with E-state index in [9.17, 15) is 19.8 Å². The van der Waals surface area contributed by atoms with Crippen molar-refractivity contribution in [3.8, 4) is 0 Å². The van der Waals surface area contributed by atoms with E-state index in [0.717, 1.165) is 6.08 Å². The highest BCUT2D eigenvalue weighted by Gasteiger charge is 2.49. The summed E-state index contributed by atoms with van der Waals surface area (Å²) in [6, 6.07) is 0. The lowest BCUT2D eigenvalue weighted by Gasteiger charge is -2.43. The zero-order valence-corrected chi connectivity index (χ0v) is 11.9. The highest BCUT2D eigenvalue weighted by atomic mass is 16.3. The van der Waals surface area contributed by atoms with Gasteiger partial charge < -0.3 is 10.2 Å². The van der Waals surface area contributed by atoms with E-state index in [2.05, 4.69) is 6.58 Å². The minimum absolute atomic E-state index is 0.0882. The highest BCUT2D eigenvalue weighted by Crippen LogP contribution is 2.43. The molecule has 3 atom stereocenters. The number of carbonyl (C=O) groups is 2. The number of aliphatic hydroxyl groups is 2. The zero-order valence-electron chi connectivity index (χ0n) is 11.9. The molecule has 0 saturated heterocycles. The Kier molecular flexibility index (Phi) is 3.90. The van der Waals surface area contributed by atoms with Crippen molar-refractivity contribution in [3.05, 3.63) is 24.8 Å². The minimum atomic E-state index is -1.64. The second-order valence-electron chi connectivity index (χ2n) is 6.18. The monoisotopic (exact) mass is 266 g/mol. The van der Waals surface area contributed by atoms with Gasteiger partial charge in [0.05, 0.1) is 5.60 Å². The summed E-state index contributed by atoms with van der Waals surface area (Å²) in [4.78, 5) is 24.0. The van der Waals surface area contributed by atoms with Crippen LogP contribution in [0.3, 0.4) is 0 Å². The van der Waals surface area contributed by atoms with Gasteiger partial charge in [0.15, 0.2) is 11.6 Å². The summed E-state index contributed by atoms with van der Waals surface area (Å²) in [6.45, 7) is 9.74. The lowest BCUT2D eigenvalue weighted by molar-refractivity contribution is -0.142. The molecule has 4 heteroatoms. The predicted molar refractivity (Wildman–Crippen MR) is 72.5 cm³/mol. The van der Waals surface area contributed by atoms with E-state index in [4.69, 9.17) is 0 Å². The number of Topliss-reactive ketones (excluding diaryl/α,β-unsaturated/α-hetero) is 1. The molecule has 0 radical (unpaired) electrons. The first-order chi connectivity index (χ1) is 8.45. The Labute approximate surface area is 113 Å². The van der Waals surface area contributed by atoms with Gasteiger partial charge in [-0.1, -0.05) is 26.5 Å². The van der Waals surface area contributed by atoms with Gasteiger partial charge in [0.1, 0.15) is 5.60 Å². The predicted octanol–water partition coefficient (Wildman–Crippen LogP) is 1.41. The first kappa shape index (κ1) is 15.8. The SMILES string of the molecule is C=CC(C)(O)C(=O)CC1C(C)(O)C=CC(=O)C1(C)C. The number of rotatable bonds is 4. The maximum atomic E-state index is 12.1. The fourth-order valence-electron chi connectivity index (χ4n) is 2.45. The third kappa shape index (κ3) is 2.85. The lowest BCUT2D eigenvalue weighted by Crippen LogP contribution is -2.51. The quantitative estimate of drug-likeness (QED) is 0.755. The first-order valence-corrected chi connectivity index (χ1v) is 6.30. The van der Waals surface area contributed by atoms with Crippen molar-refractivity contribution >= 4 is 11.6 Å². The van der Waals surface area contributed by atoms with Crippen LogP contribution in [0.15, 0.2) is 24.8 Å². The largest absolute Gasteiger partial charge is 0.386 e. The van der Waals surface area contributed by atoms with Gasteiger partial charge >= 0.3 is 0 Å². The molecule has 0 aromatic rings. The second-order valence-corrected chi connectivity index (χ2v) is 6.18. The van der Waals surface area contributed by atoms with Crippen molar-refractivity contribution in [2.45, 2.75) is 45.3 Å². The van der Waals surface area contributed by atoms with E-state index < -0.39 is 28.3 Å². The van der Waals surface area contributed by atoms with Crippen molar-refractivity contribution in [2.24, 2.45) is 11.3 Å². The third-order valence-corrected chi connectivity index (χ3v) is 4.14. The maximum absolute atomic E-state index is 12.1. The van der Waals surface area contributed by atoms with Crippen LogP contribution in [0, 0.1) is 11.3 Å². The highest BCUT2D eigenvalue weighted by molar-refractivity contribution is 5.97. The minimum Gasteiger partial charge on any atom is -0.386 e. The van der Waals surface area contributed by atoms with Crippen LogP contribution in [-0.4, -0.2) is 33.0 Å². The molecule has 0 aromatic carbocycles. The van der Waals surface area contributed by atoms with Gasteiger partial charge in [-0.15, -0.1) is 0 Å². The molecule has 1 rings (SSSR count). The van der Waals surface area contributed by atoms with Crippen molar-refractivity contribution in [2.75, 3.05) is 0 Å². The van der Waals surface area contributed by atoms with Gasteiger partial charge in [0.25, 0.3) is 0 Å². The molecule has 106 valence electrons. The smallest absolute Gasteiger partial charge is 0.168 e. The molecule has 1 aliphatic carbocycles. The number of hydrogen-bond acceptors (Lipinski definition) is 4. The van der Waals surface area contributed by atoms with Gasteiger partial charge in [-0.05, 0) is 26.0 Å². The summed E-state index contributed by atoms with van der Waals surface area (Å²) < 4.78 is 0. The molecule has 0 heterocycles. The molecule has 0 saturated carbocycles. The molecule has 0 fully saturated rings. The van der Waals surface area contributed by atoms with E-state index in [1.807, 2.05) is 0 Å². The van der Waals surface area contributed by atoms with Gasteiger partial charge in [-0.25, -0.2) is 0 Å². The molecule has 19 heavy (non-hydrogen) atoms. The van der Waals surface area contributed by atoms with Gasteiger partial charge in [-0.2, -0.15) is 0 Å². The van der Waals surface area contributed by atoms with Crippen molar-refractivity contribution < 1.29 is 19.8 Å². The van der Waals surface area contributed by atoms with Crippen LogP contribution >= 0.6 is 0 Å². The van der Waals surface area contributed by atoms with Gasteiger partial charge in [0.2, 0.25) is 0 Å². The van der Waals surface area contributed by atoms with Gasteiger partial charge in [0, 0.05) is 17.8 Å². The van der Waals surface area contributed by atoms with Crippen LogP contribution in [-0.2, 0) is 9.59 Å². The van der Waals surface area contributed by atoms with Crippen molar-refractivity contribution in [1.82, 2.24) is 0 Å². The molecule has 1 aliphatic rings. The number of carbonyl (C=O) groups excluding carboxylic acids is 2. The molecule has 0 amide bonds. The van der Waals surface area contributed by atoms with E-state index in [1.165, 1.54) is 19.1 Å². The number of ketones is 2. The fraction of sp³-hybridized carbons (Fsp3) is 0.600. The summed E-state index contributed by atoms with van der Waals surface area (Å²) in [5.41, 5.74) is -3.76. The molecular weight excluding hydrogens is 244 g/mol. The normalized spacial score (nSPS) is 32.7. The first-order valence-electron chi connectivity index (χ1n) is 6.30. The van der Waals surface area contributed by atoms with Crippen LogP contribution in [0.2, 0.25) is 0 Å². The standard InChI is InChI=1S/C15H22O4/c1-6-14(4,18)12(17)9-10-13(2,3)11(16)7-8-15(10,5)19/h6-8,10,18-19H,1,9H2,2-5H3. The third-order valence-electron chi connectivity index (χ3n) is 4.14. The molecule has 0 spiro atoms. The topological polar surface area (TPSA) is 74.6 Å². The molecular formula is C15H22O4. The summed E-state index contributed by atoms with van der Waals surface area (Å²) in [7, 11) is 0. The Morgan fingerprint density at radius 1 is 1.53 bits per heavy atom. The molecule has 3 unspecified atom stereocenters. The van der Waals surface area contributed by atoms with Crippen LogP contribution in [0.5, 0.6) is 0 Å². The lowest BCUT2D eigenvalue weighted by atomic mass is 9.62. The Balaban J connectivity index is 3.10. The molecule has 4 nitrogen and oxygen atoms in total. The fourth-order valence-corrected chi connectivity index (χ4v) is 2.45. The number of hydrogen-bond donors (Lipinski definition) is 2. The average molecular weight is 266 g/mol. The number of allylic oxidation sites excluding steroid dienone is 1. The van der Waals surface area contributed by atoms with Gasteiger partial charge in [-0.3, -0.25) is 9.59 Å². The Morgan fingerprint density at radius 3 is 2.53 bits per heavy atom. The van der Waals surface area contributed by atoms with Crippen molar-refractivity contribution in [3.63, 3.8) is 0 Å². The molecule has 0 bridgehead atoms. The van der Waals surface area contributed by atoms with Crippen LogP contribution in [0.25, 0.3) is 0 Å². The van der Waals surface area contributed by atoms with E-state index in [0.29, 0.717) is 0 Å². The average Bonchev–Trinajstić information content (AvgIpc) is 2.30. The Morgan fingerprint density at radius 2 is 2.05 bits per heavy atom. The molecule has 0 aliphatic heterocycles. The van der Waals surface area contributed by atoms with Crippen molar-refractivity contribution in [1.29, 1.82) is 0 Å². The molecule has 2 N–H and O–H groups in total. The van der Waals surface area contributed by atoms with Crippen LogP contribution in [0.4, 0.5) is 0 Å². The zero-order chi connectivity index (χ0) is 15.1. The van der Waals surface area contributed by atoms with E-state index >= 15 is 0 Å². The second kappa shape index (κ2) is 4.69. The molecule has 0 aromatic heterocycles. The maximum Gasteiger partial charge on any atom is 0.168 e. The van der Waals surface area contributed by atoms with E-state index in [1.54, 1.807) is 20.8 Å². The van der Waals surface area contributed by atoms with E-state index in [-0.39, 0.29) is 12.2 Å². The Bertz CT molecular complexity index is 441. The van der Waals surface area contributed by atoms with Crippen LogP contribution in [0.1, 0.15) is 34.1 Å². The van der Waals surface area contributed by atoms with Crippen LogP contribution < -0.4 is 0 Å². The summed E-state index contributed by atoms with van der Waals surface area (Å²) in [5.74, 6) is -1.17. The summed E-state index contributed by atoms with van der Waals surface area (Å²) in [6.07, 6.45) is 3.85. The Hall–Kier alpha value is -1.26. The summed E-state index contributed by atoms with van der Waals surface area (Å²) in [5, 5.41) is 20.3.